The number of methoxy groups -OCH3 is 1. The summed E-state index contributed by atoms with van der Waals surface area (Å²) in [6.07, 6.45) is 1.32. The summed E-state index contributed by atoms with van der Waals surface area (Å²) in [5, 5.41) is 0. The molecule has 0 saturated carbocycles. The number of hydrogen-bond donors (Lipinski definition) is 1. The molecular weight excluding hydrogens is 277 g/mol. The second-order valence-electron chi connectivity index (χ2n) is 4.33. The lowest BCUT2D eigenvalue weighted by Crippen LogP contribution is -2.14. The summed E-state index contributed by atoms with van der Waals surface area (Å²) in [6, 6.07) is 6.93. The minimum absolute atomic E-state index is 0.222. The Morgan fingerprint density at radius 2 is 2.05 bits per heavy atom. The Morgan fingerprint density at radius 1 is 1.33 bits per heavy atom. The van der Waals surface area contributed by atoms with Crippen molar-refractivity contribution in [2.75, 3.05) is 7.11 Å². The number of aromatic amines is 1. The summed E-state index contributed by atoms with van der Waals surface area (Å²) in [7, 11) is 1.26. The molecule has 3 rings (SSSR count). The van der Waals surface area contributed by atoms with Crippen molar-refractivity contribution in [1.29, 1.82) is 0 Å². The molecule has 0 bridgehead atoms. The third-order valence-corrected chi connectivity index (χ3v) is 3.04. The highest BCUT2D eigenvalue weighted by Crippen LogP contribution is 2.16. The summed E-state index contributed by atoms with van der Waals surface area (Å²) in [5.41, 5.74) is 1.01. The quantitative estimate of drug-likeness (QED) is 0.727. The van der Waals surface area contributed by atoms with Gasteiger partial charge in [-0.1, -0.05) is 0 Å². The van der Waals surface area contributed by atoms with Crippen molar-refractivity contribution in [3.05, 3.63) is 58.4 Å². The number of nitrogens with one attached hydrogen (secondary N) is 1. The number of H-pyrrole nitrogens is 1. The molecule has 1 N–H and O–H groups in total. The van der Waals surface area contributed by atoms with E-state index in [9.17, 15) is 14.0 Å². The minimum Gasteiger partial charge on any atom is -0.465 e. The average molecular weight is 287 g/mol. The lowest BCUT2D eigenvalue weighted by atomic mass is 10.2. The summed E-state index contributed by atoms with van der Waals surface area (Å²) >= 11 is 0. The van der Waals surface area contributed by atoms with Crippen LogP contribution in [-0.2, 0) is 4.74 Å². The van der Waals surface area contributed by atoms with E-state index in [1.165, 1.54) is 48.2 Å². The molecule has 1 aromatic carbocycles. The highest BCUT2D eigenvalue weighted by molar-refractivity contribution is 5.92. The molecule has 21 heavy (non-hydrogen) atoms. The lowest BCUT2D eigenvalue weighted by Gasteiger charge is -2.04. The smallest absolute Gasteiger partial charge is 0.339 e. The molecule has 106 valence electrons. The number of esters is 1. The van der Waals surface area contributed by atoms with Gasteiger partial charge in [-0.05, 0) is 30.3 Å². The van der Waals surface area contributed by atoms with Crippen LogP contribution in [0, 0.1) is 5.82 Å². The Labute approximate surface area is 117 Å². The standard InChI is InChI=1S/C14H10FN3O3/c1-21-13(19)8-6-11-12(16-7-8)17-14(20)18(11)10-4-2-9(15)3-5-10/h2-7H,1H3,(H,16,17,20). The van der Waals surface area contributed by atoms with Crippen molar-refractivity contribution in [2.45, 2.75) is 0 Å². The Morgan fingerprint density at radius 3 is 2.71 bits per heavy atom. The molecular formula is C14H10FN3O3. The zero-order valence-electron chi connectivity index (χ0n) is 11.0. The second-order valence-corrected chi connectivity index (χ2v) is 4.33. The number of imidazole rings is 1. The Bertz CT molecular complexity index is 881. The van der Waals surface area contributed by atoms with Crippen LogP contribution in [-0.4, -0.2) is 27.6 Å². The molecule has 0 spiro atoms. The lowest BCUT2D eigenvalue weighted by molar-refractivity contribution is 0.0600. The highest BCUT2D eigenvalue weighted by atomic mass is 19.1. The molecule has 0 saturated heterocycles. The van der Waals surface area contributed by atoms with Gasteiger partial charge < -0.3 is 4.74 Å². The van der Waals surface area contributed by atoms with Gasteiger partial charge in [0, 0.05) is 6.20 Å². The minimum atomic E-state index is -0.552. The zero-order valence-corrected chi connectivity index (χ0v) is 11.0. The Kier molecular flexibility index (Phi) is 3.02. The molecule has 2 heterocycles. The fraction of sp³-hybridized carbons (Fsp3) is 0.0714. The first kappa shape index (κ1) is 13.0. The largest absolute Gasteiger partial charge is 0.465 e. The molecule has 0 atom stereocenters. The van der Waals surface area contributed by atoms with Crippen LogP contribution in [0.25, 0.3) is 16.9 Å². The van der Waals surface area contributed by atoms with Crippen molar-refractivity contribution in [1.82, 2.24) is 14.5 Å². The number of ether oxygens (including phenoxy) is 1. The van der Waals surface area contributed by atoms with Crippen molar-refractivity contribution in [2.24, 2.45) is 0 Å². The van der Waals surface area contributed by atoms with Gasteiger partial charge in [-0.2, -0.15) is 0 Å². The molecule has 6 nitrogen and oxygen atoms in total. The number of nitrogens with zero attached hydrogens (tertiary/aromatic N) is 2. The van der Waals surface area contributed by atoms with Crippen LogP contribution < -0.4 is 5.69 Å². The second kappa shape index (κ2) is 4.86. The fourth-order valence-electron chi connectivity index (χ4n) is 2.06. The van der Waals surface area contributed by atoms with Crippen LogP contribution in [0.15, 0.2) is 41.3 Å². The van der Waals surface area contributed by atoms with Gasteiger partial charge in [-0.15, -0.1) is 0 Å². The number of pyridine rings is 1. The van der Waals surface area contributed by atoms with E-state index in [1.807, 2.05) is 0 Å². The van der Waals surface area contributed by atoms with E-state index in [0.717, 1.165) is 0 Å². The van der Waals surface area contributed by atoms with E-state index in [-0.39, 0.29) is 5.56 Å². The van der Waals surface area contributed by atoms with E-state index in [2.05, 4.69) is 14.7 Å². The molecule has 0 fully saturated rings. The zero-order chi connectivity index (χ0) is 15.0. The van der Waals surface area contributed by atoms with Crippen LogP contribution in [0.2, 0.25) is 0 Å². The maximum absolute atomic E-state index is 13.0. The maximum Gasteiger partial charge on any atom is 0.339 e. The van der Waals surface area contributed by atoms with Crippen LogP contribution >= 0.6 is 0 Å². The molecule has 2 aromatic heterocycles. The molecule has 0 amide bonds. The fourth-order valence-corrected chi connectivity index (χ4v) is 2.06. The Balaban J connectivity index is 2.26. The van der Waals surface area contributed by atoms with Crippen molar-refractivity contribution in [3.8, 4) is 5.69 Å². The number of aromatic nitrogens is 3. The van der Waals surface area contributed by atoms with Gasteiger partial charge in [0.2, 0.25) is 0 Å². The van der Waals surface area contributed by atoms with E-state index in [0.29, 0.717) is 16.9 Å². The number of benzene rings is 1. The maximum atomic E-state index is 13.0. The average Bonchev–Trinajstić information content (AvgIpc) is 2.82. The molecule has 0 aliphatic rings. The normalized spacial score (nSPS) is 10.8. The first-order valence-corrected chi connectivity index (χ1v) is 6.05. The molecule has 0 radical (unpaired) electrons. The van der Waals surface area contributed by atoms with Crippen LogP contribution in [0.3, 0.4) is 0 Å². The van der Waals surface area contributed by atoms with Crippen LogP contribution in [0.4, 0.5) is 4.39 Å². The predicted molar refractivity (Wildman–Crippen MR) is 73.0 cm³/mol. The molecule has 0 aliphatic carbocycles. The number of fused-ring (bicyclic) bond motifs is 1. The number of halogens is 1. The molecule has 7 heteroatoms. The van der Waals surface area contributed by atoms with Gasteiger partial charge in [0.05, 0.1) is 23.9 Å². The topological polar surface area (TPSA) is 77.0 Å². The van der Waals surface area contributed by atoms with Gasteiger partial charge in [-0.25, -0.2) is 19.0 Å². The van der Waals surface area contributed by atoms with Gasteiger partial charge in [0.1, 0.15) is 5.82 Å². The van der Waals surface area contributed by atoms with E-state index in [1.54, 1.807) is 0 Å². The van der Waals surface area contributed by atoms with Gasteiger partial charge in [0.15, 0.2) is 5.65 Å². The van der Waals surface area contributed by atoms with Crippen LogP contribution in [0.1, 0.15) is 10.4 Å². The monoisotopic (exact) mass is 287 g/mol. The highest BCUT2D eigenvalue weighted by Gasteiger charge is 2.13. The Hall–Kier alpha value is -2.96. The number of carbonyl (C=O) groups is 1. The number of carbonyl (C=O) groups excluding carboxylic acids is 1. The molecule has 0 unspecified atom stereocenters. The molecule has 3 aromatic rings. The summed E-state index contributed by atoms with van der Waals surface area (Å²) in [6.45, 7) is 0. The van der Waals surface area contributed by atoms with Crippen molar-refractivity contribution >= 4 is 17.1 Å². The number of hydrogen-bond acceptors (Lipinski definition) is 4. The van der Waals surface area contributed by atoms with Gasteiger partial charge in [-0.3, -0.25) is 9.55 Å². The number of rotatable bonds is 2. The summed E-state index contributed by atoms with van der Waals surface area (Å²) < 4.78 is 18.9. The summed E-state index contributed by atoms with van der Waals surface area (Å²) in [5.74, 6) is -0.955. The van der Waals surface area contributed by atoms with E-state index >= 15 is 0 Å². The molecule has 0 aliphatic heterocycles. The summed E-state index contributed by atoms with van der Waals surface area (Å²) in [4.78, 5) is 30.2. The van der Waals surface area contributed by atoms with Crippen molar-refractivity contribution < 1.29 is 13.9 Å². The van der Waals surface area contributed by atoms with Crippen molar-refractivity contribution in [3.63, 3.8) is 0 Å². The van der Waals surface area contributed by atoms with Crippen LogP contribution in [0.5, 0.6) is 0 Å². The van der Waals surface area contributed by atoms with Gasteiger partial charge in [0.25, 0.3) is 0 Å². The first-order valence-electron chi connectivity index (χ1n) is 6.05. The third kappa shape index (κ3) is 2.18. The third-order valence-electron chi connectivity index (χ3n) is 3.04. The predicted octanol–water partition coefficient (Wildman–Crippen LogP) is 1.64. The van der Waals surface area contributed by atoms with E-state index in [4.69, 9.17) is 0 Å². The first-order chi connectivity index (χ1) is 10.1. The van der Waals surface area contributed by atoms with Gasteiger partial charge >= 0.3 is 11.7 Å². The SMILES string of the molecule is COC(=O)c1cnc2[nH]c(=O)n(-c3ccc(F)cc3)c2c1. The van der Waals surface area contributed by atoms with E-state index < -0.39 is 17.5 Å².